The Hall–Kier alpha value is -0.150. The lowest BCUT2D eigenvalue weighted by Crippen LogP contribution is -1.82. The van der Waals surface area contributed by atoms with Crippen molar-refractivity contribution in [3.8, 4) is 0 Å². The highest BCUT2D eigenvalue weighted by molar-refractivity contribution is 9.10. The molecule has 0 saturated heterocycles. The van der Waals surface area contributed by atoms with Gasteiger partial charge in [-0.05, 0) is 41.1 Å². The van der Waals surface area contributed by atoms with E-state index in [-0.39, 0.29) is 0 Å². The van der Waals surface area contributed by atoms with Crippen LogP contribution < -0.4 is 0 Å². The first-order chi connectivity index (χ1) is 5.68. The molecule has 1 unspecified atom stereocenters. The van der Waals surface area contributed by atoms with Crippen molar-refractivity contribution in [2.75, 3.05) is 0 Å². The van der Waals surface area contributed by atoms with Gasteiger partial charge in [-0.1, -0.05) is 22.0 Å². The van der Waals surface area contributed by atoms with Crippen molar-refractivity contribution in [1.29, 1.82) is 0 Å². The number of nitrogens with zero attached hydrogens (tertiary/aromatic N) is 1. The van der Waals surface area contributed by atoms with Gasteiger partial charge in [-0.2, -0.15) is 0 Å². The van der Waals surface area contributed by atoms with Crippen LogP contribution in [0.2, 0.25) is 0 Å². The molecule has 3 heteroatoms. The average molecular weight is 291 g/mol. The minimum Gasteiger partial charge on any atom is -0.256 e. The minimum atomic E-state index is 0.392. The molecule has 12 heavy (non-hydrogen) atoms. The number of pyridine rings is 1. The highest BCUT2D eigenvalue weighted by Crippen LogP contribution is 2.09. The fraction of sp³-hybridized carbons (Fsp3) is 0.222. The Morgan fingerprint density at radius 2 is 2.25 bits per heavy atom. The van der Waals surface area contributed by atoms with Crippen molar-refractivity contribution in [3.63, 3.8) is 0 Å². The highest BCUT2D eigenvalue weighted by Gasteiger charge is 1.90. The topological polar surface area (TPSA) is 12.9 Å². The molecule has 0 aliphatic carbocycles. The lowest BCUT2D eigenvalue weighted by molar-refractivity contribution is 1.25. The first kappa shape index (κ1) is 9.93. The summed E-state index contributed by atoms with van der Waals surface area (Å²) in [5.74, 6) is 0. The summed E-state index contributed by atoms with van der Waals surface area (Å²) in [6.45, 7) is 2.06. The van der Waals surface area contributed by atoms with E-state index in [9.17, 15) is 0 Å². The molecule has 1 aromatic heterocycles. The molecule has 0 spiro atoms. The third kappa shape index (κ3) is 3.50. The van der Waals surface area contributed by atoms with Crippen LogP contribution in [0.5, 0.6) is 0 Å². The van der Waals surface area contributed by atoms with Crippen LogP contribution >= 0.6 is 31.9 Å². The summed E-state index contributed by atoms with van der Waals surface area (Å²) in [6.07, 6.45) is 5.83. The van der Waals surface area contributed by atoms with Gasteiger partial charge >= 0.3 is 0 Å². The van der Waals surface area contributed by atoms with Crippen LogP contribution in [0, 0.1) is 0 Å². The molecule has 1 aromatic rings. The van der Waals surface area contributed by atoms with Crippen LogP contribution in [-0.2, 0) is 0 Å². The Balaban J connectivity index is 2.71. The van der Waals surface area contributed by atoms with Crippen LogP contribution in [0.25, 0.3) is 6.08 Å². The molecule has 0 radical (unpaired) electrons. The normalized spacial score (nSPS) is 13.6. The van der Waals surface area contributed by atoms with E-state index in [1.54, 1.807) is 6.20 Å². The van der Waals surface area contributed by atoms with E-state index in [1.807, 2.05) is 18.2 Å². The molecular formula is C9H9Br2N. The van der Waals surface area contributed by atoms with Gasteiger partial charge in [0.05, 0.1) is 5.69 Å². The van der Waals surface area contributed by atoms with E-state index in [0.29, 0.717) is 4.83 Å². The fourth-order valence-electron chi connectivity index (χ4n) is 0.717. The van der Waals surface area contributed by atoms with E-state index in [1.165, 1.54) is 0 Å². The highest BCUT2D eigenvalue weighted by atomic mass is 79.9. The lowest BCUT2D eigenvalue weighted by Gasteiger charge is -1.93. The first-order valence-corrected chi connectivity index (χ1v) is 5.33. The predicted molar refractivity (Wildman–Crippen MR) is 59.4 cm³/mol. The van der Waals surface area contributed by atoms with E-state index in [0.717, 1.165) is 10.2 Å². The SMILES string of the molecule is CC(Br)/C=C/c1ccc(Br)cn1. The minimum absolute atomic E-state index is 0.392. The fourth-order valence-corrected chi connectivity index (χ4v) is 1.10. The molecule has 0 N–H and O–H groups in total. The van der Waals surface area contributed by atoms with Crippen LogP contribution in [0.3, 0.4) is 0 Å². The van der Waals surface area contributed by atoms with Crippen LogP contribution in [0.1, 0.15) is 12.6 Å². The second-order valence-corrected chi connectivity index (χ2v) is 4.80. The van der Waals surface area contributed by atoms with E-state index in [2.05, 4.69) is 49.8 Å². The number of alkyl halides is 1. The molecule has 1 heterocycles. The van der Waals surface area contributed by atoms with E-state index < -0.39 is 0 Å². The molecule has 0 aromatic carbocycles. The molecule has 0 aliphatic rings. The van der Waals surface area contributed by atoms with Crippen LogP contribution in [0.4, 0.5) is 0 Å². The van der Waals surface area contributed by atoms with Crippen molar-refractivity contribution in [3.05, 3.63) is 34.6 Å². The number of rotatable bonds is 2. The van der Waals surface area contributed by atoms with Gasteiger partial charge in [-0.25, -0.2) is 0 Å². The summed E-state index contributed by atoms with van der Waals surface area (Å²) in [5, 5.41) is 0. The zero-order valence-electron chi connectivity index (χ0n) is 6.67. The van der Waals surface area contributed by atoms with E-state index >= 15 is 0 Å². The molecule has 0 amide bonds. The van der Waals surface area contributed by atoms with Crippen LogP contribution in [0.15, 0.2) is 28.9 Å². The van der Waals surface area contributed by atoms with Crippen LogP contribution in [-0.4, -0.2) is 9.81 Å². The number of aromatic nitrogens is 1. The number of halogens is 2. The van der Waals surface area contributed by atoms with Crippen molar-refractivity contribution in [1.82, 2.24) is 4.98 Å². The largest absolute Gasteiger partial charge is 0.256 e. The van der Waals surface area contributed by atoms with Crippen molar-refractivity contribution < 1.29 is 0 Å². The maximum atomic E-state index is 4.20. The first-order valence-electron chi connectivity index (χ1n) is 3.62. The lowest BCUT2D eigenvalue weighted by atomic mass is 10.3. The number of hydrogen-bond acceptors (Lipinski definition) is 1. The Kier molecular flexibility index (Phi) is 3.95. The van der Waals surface area contributed by atoms with Gasteiger partial charge in [0, 0.05) is 15.5 Å². The van der Waals surface area contributed by atoms with Crippen molar-refractivity contribution >= 4 is 37.9 Å². The number of hydrogen-bond donors (Lipinski definition) is 0. The van der Waals surface area contributed by atoms with Gasteiger partial charge in [-0.15, -0.1) is 0 Å². The molecular weight excluding hydrogens is 282 g/mol. The standard InChI is InChI=1S/C9H9Br2N/c1-7(10)2-4-9-5-3-8(11)6-12-9/h2-7H,1H3/b4-2+. The Morgan fingerprint density at radius 3 is 2.75 bits per heavy atom. The van der Waals surface area contributed by atoms with Gasteiger partial charge in [0.25, 0.3) is 0 Å². The summed E-state index contributed by atoms with van der Waals surface area (Å²) >= 11 is 6.75. The Morgan fingerprint density at radius 1 is 1.50 bits per heavy atom. The van der Waals surface area contributed by atoms with Gasteiger partial charge < -0.3 is 0 Å². The summed E-state index contributed by atoms with van der Waals surface area (Å²) < 4.78 is 1.01. The zero-order chi connectivity index (χ0) is 8.97. The molecule has 0 bridgehead atoms. The molecule has 64 valence electrons. The van der Waals surface area contributed by atoms with Gasteiger partial charge in [0.2, 0.25) is 0 Å². The maximum absolute atomic E-state index is 4.20. The predicted octanol–water partition coefficient (Wildman–Crippen LogP) is 3.64. The van der Waals surface area contributed by atoms with Gasteiger partial charge in [0.15, 0.2) is 0 Å². The summed E-state index contributed by atoms with van der Waals surface area (Å²) in [7, 11) is 0. The van der Waals surface area contributed by atoms with Gasteiger partial charge in [0.1, 0.15) is 0 Å². The summed E-state index contributed by atoms with van der Waals surface area (Å²) in [6, 6.07) is 3.95. The summed E-state index contributed by atoms with van der Waals surface area (Å²) in [4.78, 5) is 4.59. The molecule has 1 nitrogen and oxygen atoms in total. The molecule has 0 aliphatic heterocycles. The Bertz CT molecular complexity index is 264. The molecule has 0 fully saturated rings. The second kappa shape index (κ2) is 4.77. The second-order valence-electron chi connectivity index (χ2n) is 2.44. The number of allylic oxidation sites excluding steroid dienone is 1. The molecule has 1 atom stereocenters. The summed E-state index contributed by atoms with van der Waals surface area (Å²) in [5.41, 5.74) is 0.976. The third-order valence-electron chi connectivity index (χ3n) is 1.28. The van der Waals surface area contributed by atoms with Gasteiger partial charge in [-0.3, -0.25) is 4.98 Å². The zero-order valence-corrected chi connectivity index (χ0v) is 9.84. The average Bonchev–Trinajstić information content (AvgIpc) is 2.03. The van der Waals surface area contributed by atoms with E-state index in [4.69, 9.17) is 0 Å². The maximum Gasteiger partial charge on any atom is 0.0627 e. The smallest absolute Gasteiger partial charge is 0.0627 e. The quantitative estimate of drug-likeness (QED) is 0.758. The molecule has 0 saturated carbocycles. The van der Waals surface area contributed by atoms with Crippen molar-refractivity contribution in [2.24, 2.45) is 0 Å². The third-order valence-corrected chi connectivity index (χ3v) is 2.06. The Labute approximate surface area is 89.2 Å². The molecule has 1 rings (SSSR count). The van der Waals surface area contributed by atoms with Crippen molar-refractivity contribution in [2.45, 2.75) is 11.8 Å². The monoisotopic (exact) mass is 289 g/mol.